The summed E-state index contributed by atoms with van der Waals surface area (Å²) in [7, 11) is 0. The van der Waals surface area contributed by atoms with Crippen molar-refractivity contribution in [2.45, 2.75) is 44.2 Å². The second kappa shape index (κ2) is 8.82. The molecule has 180 valence electrons. The van der Waals surface area contributed by atoms with Gasteiger partial charge in [0.15, 0.2) is 0 Å². The van der Waals surface area contributed by atoms with Crippen LogP contribution in [0, 0.1) is 5.92 Å². The number of amides is 6. The first kappa shape index (κ1) is 22.5. The van der Waals surface area contributed by atoms with Crippen LogP contribution < -0.4 is 25.6 Å². The molecule has 5 rings (SSSR count). The number of barbiturate groups is 1. The average molecular weight is 477 g/mol. The summed E-state index contributed by atoms with van der Waals surface area (Å²) in [6.45, 7) is 0.445. The van der Waals surface area contributed by atoms with E-state index in [2.05, 4.69) is 20.9 Å². The molecular weight excluding hydrogens is 454 g/mol. The Balaban J connectivity index is 1.25. The zero-order chi connectivity index (χ0) is 24.6. The summed E-state index contributed by atoms with van der Waals surface area (Å²) in [5, 5.41) is 7.07. The molecule has 1 aliphatic carbocycles. The van der Waals surface area contributed by atoms with Gasteiger partial charge in [0.25, 0.3) is 11.8 Å². The molecular formula is C24H23N5O6. The highest BCUT2D eigenvalue weighted by Crippen LogP contribution is 2.37. The van der Waals surface area contributed by atoms with Gasteiger partial charge in [-0.05, 0) is 43.0 Å². The van der Waals surface area contributed by atoms with Crippen LogP contribution in [0.4, 0.5) is 10.5 Å². The van der Waals surface area contributed by atoms with Gasteiger partial charge >= 0.3 is 6.03 Å². The fourth-order valence-electron chi connectivity index (χ4n) is 4.43. The SMILES string of the molecule is O=C1NC(=O)C2(CCC(=O)N2c2ccc(Oc3ccc(CNC(=O)C4CCC4)cc3)nc2)C(=O)N1. The number of hydrogen-bond acceptors (Lipinski definition) is 7. The van der Waals surface area contributed by atoms with Crippen molar-refractivity contribution in [3.05, 3.63) is 48.2 Å². The molecule has 2 aromatic rings. The van der Waals surface area contributed by atoms with Crippen molar-refractivity contribution in [2.24, 2.45) is 5.92 Å². The first-order chi connectivity index (χ1) is 16.9. The Morgan fingerprint density at radius 3 is 2.37 bits per heavy atom. The first-order valence-electron chi connectivity index (χ1n) is 11.4. The second-order valence-electron chi connectivity index (χ2n) is 8.77. The quantitative estimate of drug-likeness (QED) is 0.535. The molecule has 1 aromatic heterocycles. The fraction of sp³-hybridized carbons (Fsp3) is 0.333. The molecule has 0 bridgehead atoms. The number of pyridine rings is 1. The Morgan fingerprint density at radius 2 is 1.77 bits per heavy atom. The van der Waals surface area contributed by atoms with E-state index in [1.807, 2.05) is 12.1 Å². The summed E-state index contributed by atoms with van der Waals surface area (Å²) in [5.74, 6) is -1.12. The van der Waals surface area contributed by atoms with Gasteiger partial charge in [-0.2, -0.15) is 0 Å². The highest BCUT2D eigenvalue weighted by atomic mass is 16.5. The molecule has 2 aliphatic heterocycles. The lowest BCUT2D eigenvalue weighted by Crippen LogP contribution is -2.72. The standard InChI is InChI=1S/C24H23N5O6/c30-19-10-11-24(21(32)27-23(34)28-22(24)33)29(19)16-6-9-18(25-13-16)35-17-7-4-14(5-8-17)12-26-20(31)15-2-1-3-15/h4-9,13,15H,1-3,10-12H2,(H,26,31)(H2,27,28,32,33,34). The van der Waals surface area contributed by atoms with Crippen LogP contribution in [-0.2, 0) is 25.7 Å². The van der Waals surface area contributed by atoms with Crippen LogP contribution in [0.25, 0.3) is 0 Å². The summed E-state index contributed by atoms with van der Waals surface area (Å²) < 4.78 is 5.76. The van der Waals surface area contributed by atoms with Crippen molar-refractivity contribution in [3.63, 3.8) is 0 Å². The van der Waals surface area contributed by atoms with E-state index in [1.54, 1.807) is 12.1 Å². The number of urea groups is 1. The van der Waals surface area contributed by atoms with Crippen LogP contribution in [0.2, 0.25) is 0 Å². The average Bonchev–Trinajstić information content (AvgIpc) is 3.15. The third kappa shape index (κ3) is 4.09. The number of hydrogen-bond donors (Lipinski definition) is 3. The molecule has 11 nitrogen and oxygen atoms in total. The molecule has 3 N–H and O–H groups in total. The van der Waals surface area contributed by atoms with E-state index in [0.717, 1.165) is 29.7 Å². The molecule has 2 saturated heterocycles. The van der Waals surface area contributed by atoms with Gasteiger partial charge in [-0.1, -0.05) is 18.6 Å². The topological polar surface area (TPSA) is 147 Å². The van der Waals surface area contributed by atoms with E-state index in [1.165, 1.54) is 18.3 Å². The number of carbonyl (C=O) groups excluding carboxylic acids is 5. The highest BCUT2D eigenvalue weighted by molar-refractivity contribution is 6.28. The highest BCUT2D eigenvalue weighted by Gasteiger charge is 2.60. The lowest BCUT2D eigenvalue weighted by Gasteiger charge is -2.37. The van der Waals surface area contributed by atoms with E-state index in [-0.39, 0.29) is 36.2 Å². The smallest absolute Gasteiger partial charge is 0.328 e. The summed E-state index contributed by atoms with van der Waals surface area (Å²) in [6.07, 6.45) is 4.28. The number of benzene rings is 1. The predicted molar refractivity (Wildman–Crippen MR) is 121 cm³/mol. The molecule has 11 heteroatoms. The van der Waals surface area contributed by atoms with Crippen molar-refractivity contribution in [2.75, 3.05) is 4.90 Å². The van der Waals surface area contributed by atoms with Gasteiger partial charge in [0.05, 0.1) is 11.9 Å². The van der Waals surface area contributed by atoms with Crippen LogP contribution in [0.3, 0.4) is 0 Å². The van der Waals surface area contributed by atoms with Crippen molar-refractivity contribution < 1.29 is 28.7 Å². The molecule has 3 aliphatic rings. The molecule has 35 heavy (non-hydrogen) atoms. The minimum atomic E-state index is -1.83. The number of nitrogens with one attached hydrogen (secondary N) is 3. The zero-order valence-corrected chi connectivity index (χ0v) is 18.7. The lowest BCUT2D eigenvalue weighted by atomic mass is 9.85. The number of ether oxygens (including phenoxy) is 1. The Labute approximate surface area is 200 Å². The van der Waals surface area contributed by atoms with Gasteiger partial charge in [-0.15, -0.1) is 0 Å². The van der Waals surface area contributed by atoms with Gasteiger partial charge in [0.2, 0.25) is 23.2 Å². The van der Waals surface area contributed by atoms with E-state index in [0.29, 0.717) is 12.3 Å². The molecule has 0 atom stereocenters. The second-order valence-corrected chi connectivity index (χ2v) is 8.77. The maximum atomic E-state index is 12.6. The largest absolute Gasteiger partial charge is 0.439 e. The monoisotopic (exact) mass is 477 g/mol. The molecule has 1 saturated carbocycles. The van der Waals surface area contributed by atoms with Gasteiger partial charge in [-0.25, -0.2) is 9.78 Å². The molecule has 0 radical (unpaired) electrons. The van der Waals surface area contributed by atoms with E-state index in [9.17, 15) is 24.0 Å². The van der Waals surface area contributed by atoms with Gasteiger partial charge < -0.3 is 10.1 Å². The van der Waals surface area contributed by atoms with E-state index >= 15 is 0 Å². The Kier molecular flexibility index (Phi) is 5.67. The third-order valence-corrected chi connectivity index (χ3v) is 6.60. The predicted octanol–water partition coefficient (Wildman–Crippen LogP) is 1.52. The minimum absolute atomic E-state index is 0.0270. The maximum absolute atomic E-state index is 12.6. The van der Waals surface area contributed by atoms with Crippen LogP contribution >= 0.6 is 0 Å². The molecule has 6 amide bonds. The normalized spacial score (nSPS) is 19.3. The summed E-state index contributed by atoms with van der Waals surface area (Å²) in [6, 6.07) is 9.33. The lowest BCUT2D eigenvalue weighted by molar-refractivity contribution is -0.138. The molecule has 1 spiro atoms. The number of anilines is 1. The van der Waals surface area contributed by atoms with E-state index < -0.39 is 29.3 Å². The molecule has 3 heterocycles. The van der Waals surface area contributed by atoms with Crippen LogP contribution in [0.15, 0.2) is 42.6 Å². The summed E-state index contributed by atoms with van der Waals surface area (Å²) in [5.41, 5.74) is -0.662. The Bertz CT molecular complexity index is 1190. The summed E-state index contributed by atoms with van der Waals surface area (Å²) >= 11 is 0. The number of aromatic nitrogens is 1. The van der Waals surface area contributed by atoms with Gasteiger partial charge in [-0.3, -0.25) is 34.7 Å². The van der Waals surface area contributed by atoms with Gasteiger partial charge in [0.1, 0.15) is 5.75 Å². The fourth-order valence-corrected chi connectivity index (χ4v) is 4.43. The number of imide groups is 2. The summed E-state index contributed by atoms with van der Waals surface area (Å²) in [4.78, 5) is 66.5. The van der Waals surface area contributed by atoms with Crippen molar-refractivity contribution in [1.29, 1.82) is 0 Å². The van der Waals surface area contributed by atoms with Crippen LogP contribution in [0.5, 0.6) is 11.6 Å². The van der Waals surface area contributed by atoms with Gasteiger partial charge in [0, 0.05) is 24.9 Å². The molecule has 0 unspecified atom stereocenters. The number of rotatable bonds is 6. The van der Waals surface area contributed by atoms with Crippen molar-refractivity contribution in [1.82, 2.24) is 20.9 Å². The van der Waals surface area contributed by atoms with Crippen LogP contribution in [0.1, 0.15) is 37.7 Å². The van der Waals surface area contributed by atoms with E-state index in [4.69, 9.17) is 4.74 Å². The number of nitrogens with zero attached hydrogens (tertiary/aromatic N) is 2. The molecule has 3 fully saturated rings. The molecule has 1 aromatic carbocycles. The Hall–Kier alpha value is -4.28. The third-order valence-electron chi connectivity index (χ3n) is 6.60. The zero-order valence-electron chi connectivity index (χ0n) is 18.7. The first-order valence-corrected chi connectivity index (χ1v) is 11.4. The maximum Gasteiger partial charge on any atom is 0.328 e. The van der Waals surface area contributed by atoms with Crippen molar-refractivity contribution >= 4 is 35.3 Å². The minimum Gasteiger partial charge on any atom is -0.439 e. The number of carbonyl (C=O) groups is 5. The Morgan fingerprint density at radius 1 is 1.06 bits per heavy atom. The van der Waals surface area contributed by atoms with Crippen LogP contribution in [-0.4, -0.2) is 40.2 Å². The van der Waals surface area contributed by atoms with Crippen molar-refractivity contribution in [3.8, 4) is 11.6 Å².